The summed E-state index contributed by atoms with van der Waals surface area (Å²) < 4.78 is 14.2. The molecule has 0 bridgehead atoms. The zero-order valence-electron chi connectivity index (χ0n) is 22.6. The second-order valence-electron chi connectivity index (χ2n) is 11.0. The Kier molecular flexibility index (Phi) is 9.94. The molecule has 206 valence electrons. The van der Waals surface area contributed by atoms with Crippen molar-refractivity contribution in [2.45, 2.75) is 64.2 Å². The average molecular weight is 533 g/mol. The molecule has 39 heavy (non-hydrogen) atoms. The van der Waals surface area contributed by atoms with Crippen molar-refractivity contribution in [1.82, 2.24) is 15.2 Å². The maximum atomic E-state index is 14.2. The summed E-state index contributed by atoms with van der Waals surface area (Å²) >= 11 is 0. The van der Waals surface area contributed by atoms with E-state index in [0.717, 1.165) is 50.8 Å². The molecule has 0 aliphatic carbocycles. The Hall–Kier alpha value is -3.44. The number of aromatic nitrogens is 1. The highest BCUT2D eigenvalue weighted by Gasteiger charge is 2.30. The van der Waals surface area contributed by atoms with Crippen LogP contribution in [0, 0.1) is 24.2 Å². The molecule has 2 fully saturated rings. The SMILES string of the molecule is [C-]#[N+]c1ccc(-c2cncc([C@H](CC(C)=O)CC(=O)[C@@H]3CCCN(C(=O)CCC4CCNCC4)C3)c2)cc1F. The van der Waals surface area contributed by atoms with Gasteiger partial charge >= 0.3 is 0 Å². The molecule has 2 saturated heterocycles. The van der Waals surface area contributed by atoms with Crippen molar-refractivity contribution in [3.63, 3.8) is 0 Å². The van der Waals surface area contributed by atoms with Crippen LogP contribution in [-0.4, -0.2) is 53.5 Å². The number of rotatable bonds is 10. The normalized spacial score (nSPS) is 18.8. The van der Waals surface area contributed by atoms with Crippen molar-refractivity contribution in [3.8, 4) is 11.1 Å². The largest absolute Gasteiger partial charge is 0.342 e. The topological polar surface area (TPSA) is 83.7 Å². The fourth-order valence-electron chi connectivity index (χ4n) is 5.80. The molecule has 2 aliphatic heterocycles. The Morgan fingerprint density at radius 1 is 1.13 bits per heavy atom. The maximum absolute atomic E-state index is 14.2. The van der Waals surface area contributed by atoms with Gasteiger partial charge < -0.3 is 15.0 Å². The van der Waals surface area contributed by atoms with Crippen molar-refractivity contribution >= 4 is 23.2 Å². The van der Waals surface area contributed by atoms with Crippen LogP contribution in [0.4, 0.5) is 10.1 Å². The summed E-state index contributed by atoms with van der Waals surface area (Å²) in [5, 5.41) is 3.36. The highest BCUT2D eigenvalue weighted by Crippen LogP contribution is 2.32. The summed E-state index contributed by atoms with van der Waals surface area (Å²) in [6, 6.07) is 6.25. The number of carbonyl (C=O) groups is 3. The van der Waals surface area contributed by atoms with Gasteiger partial charge in [-0.2, -0.15) is 0 Å². The van der Waals surface area contributed by atoms with E-state index in [1.54, 1.807) is 18.5 Å². The fraction of sp³-hybridized carbons (Fsp3) is 0.516. The van der Waals surface area contributed by atoms with Crippen molar-refractivity contribution in [1.29, 1.82) is 0 Å². The van der Waals surface area contributed by atoms with E-state index in [1.165, 1.54) is 19.1 Å². The zero-order valence-corrected chi connectivity index (χ0v) is 22.6. The van der Waals surface area contributed by atoms with Crippen LogP contribution in [0.1, 0.15) is 69.8 Å². The number of likely N-dealkylation sites (tertiary alicyclic amines) is 1. The number of Topliss-reactive ketones (excluding diaryl/α,β-unsaturated/α-hetero) is 2. The van der Waals surface area contributed by atoms with E-state index in [-0.39, 0.29) is 47.8 Å². The van der Waals surface area contributed by atoms with Crippen LogP contribution < -0.4 is 5.32 Å². The number of pyridine rings is 1. The van der Waals surface area contributed by atoms with Gasteiger partial charge in [0.05, 0.1) is 6.57 Å². The number of nitrogens with one attached hydrogen (secondary N) is 1. The molecule has 0 saturated carbocycles. The van der Waals surface area contributed by atoms with Crippen molar-refractivity contribution in [2.75, 3.05) is 26.2 Å². The van der Waals surface area contributed by atoms with E-state index in [9.17, 15) is 18.8 Å². The first-order valence-electron chi connectivity index (χ1n) is 14.0. The molecule has 1 aromatic heterocycles. The Bertz CT molecular complexity index is 1230. The van der Waals surface area contributed by atoms with Gasteiger partial charge in [-0.15, -0.1) is 0 Å². The van der Waals surface area contributed by atoms with E-state index in [0.29, 0.717) is 36.6 Å². The first-order valence-corrected chi connectivity index (χ1v) is 14.0. The summed E-state index contributed by atoms with van der Waals surface area (Å²) in [5.41, 5.74) is 1.94. The summed E-state index contributed by atoms with van der Waals surface area (Å²) in [4.78, 5) is 47.9. The third kappa shape index (κ3) is 7.79. The van der Waals surface area contributed by atoms with Crippen molar-refractivity contribution < 1.29 is 18.8 Å². The van der Waals surface area contributed by atoms with E-state index in [4.69, 9.17) is 6.57 Å². The molecule has 1 N–H and O–H groups in total. The van der Waals surface area contributed by atoms with Gasteiger partial charge in [-0.25, -0.2) is 9.24 Å². The van der Waals surface area contributed by atoms with Crippen LogP contribution in [0.3, 0.4) is 0 Å². The quantitative estimate of drug-likeness (QED) is 0.410. The van der Waals surface area contributed by atoms with Crippen molar-refractivity contribution in [3.05, 3.63) is 59.5 Å². The van der Waals surface area contributed by atoms with Crippen LogP contribution in [0.15, 0.2) is 36.7 Å². The lowest BCUT2D eigenvalue weighted by molar-refractivity contribution is -0.135. The number of amides is 1. The summed E-state index contributed by atoms with van der Waals surface area (Å²) in [5.74, 6) is -0.409. The number of ketones is 2. The minimum absolute atomic E-state index is 0.0241. The molecular weight excluding hydrogens is 495 g/mol. The molecule has 1 aromatic carbocycles. The predicted octanol–water partition coefficient (Wildman–Crippen LogP) is 5.48. The minimum Gasteiger partial charge on any atom is -0.342 e. The highest BCUT2D eigenvalue weighted by molar-refractivity contribution is 5.85. The lowest BCUT2D eigenvalue weighted by atomic mass is 9.83. The number of piperidine rings is 2. The molecule has 2 aromatic rings. The average Bonchev–Trinajstić information content (AvgIpc) is 2.96. The van der Waals surface area contributed by atoms with E-state index in [2.05, 4.69) is 15.1 Å². The second-order valence-corrected chi connectivity index (χ2v) is 11.0. The van der Waals surface area contributed by atoms with Gasteiger partial charge in [-0.3, -0.25) is 14.6 Å². The Balaban J connectivity index is 1.42. The van der Waals surface area contributed by atoms with Crippen LogP contribution in [-0.2, 0) is 14.4 Å². The number of benzene rings is 1. The molecule has 0 unspecified atom stereocenters. The highest BCUT2D eigenvalue weighted by atomic mass is 19.1. The van der Waals surface area contributed by atoms with Gasteiger partial charge in [0.25, 0.3) is 0 Å². The third-order valence-corrected chi connectivity index (χ3v) is 8.07. The van der Waals surface area contributed by atoms with Crippen LogP contribution in [0.25, 0.3) is 16.0 Å². The van der Waals surface area contributed by atoms with Gasteiger partial charge in [0, 0.05) is 56.2 Å². The van der Waals surface area contributed by atoms with Gasteiger partial charge in [-0.05, 0) is 87.2 Å². The fourth-order valence-corrected chi connectivity index (χ4v) is 5.80. The number of halogens is 1. The zero-order chi connectivity index (χ0) is 27.8. The van der Waals surface area contributed by atoms with Crippen LogP contribution in [0.2, 0.25) is 0 Å². The minimum atomic E-state index is -0.601. The van der Waals surface area contributed by atoms with Gasteiger partial charge in [0.15, 0.2) is 0 Å². The standard InChI is InChI=1S/C31H37FN4O3/c1-21(37)14-25(27-15-26(18-35-19-27)23-6-7-29(33-2)28(32)16-23)17-30(38)24-4-3-13-36(20-24)31(39)8-5-22-9-11-34-12-10-22/h6-7,15-16,18-19,22,24-25,34H,3-5,8-14,17,20H2,1H3/t24-,25-/m1/s1. The van der Waals surface area contributed by atoms with Gasteiger partial charge in [0.1, 0.15) is 17.4 Å². The Morgan fingerprint density at radius 2 is 1.92 bits per heavy atom. The Labute approximate surface area is 230 Å². The monoisotopic (exact) mass is 532 g/mol. The lowest BCUT2D eigenvalue weighted by Gasteiger charge is -2.33. The molecule has 3 heterocycles. The predicted molar refractivity (Wildman–Crippen MR) is 148 cm³/mol. The summed E-state index contributed by atoms with van der Waals surface area (Å²) in [6.07, 6.45) is 8.88. The van der Waals surface area contributed by atoms with E-state index in [1.807, 2.05) is 11.0 Å². The summed E-state index contributed by atoms with van der Waals surface area (Å²) in [6.45, 7) is 11.7. The Morgan fingerprint density at radius 3 is 2.64 bits per heavy atom. The first-order chi connectivity index (χ1) is 18.8. The number of hydrogen-bond acceptors (Lipinski definition) is 5. The van der Waals surface area contributed by atoms with Crippen molar-refractivity contribution in [2.24, 2.45) is 11.8 Å². The van der Waals surface area contributed by atoms with E-state index >= 15 is 0 Å². The number of hydrogen-bond donors (Lipinski definition) is 1. The molecular formula is C31H37FN4O3. The molecule has 2 atom stereocenters. The smallest absolute Gasteiger partial charge is 0.222 e. The van der Waals surface area contributed by atoms with Crippen LogP contribution in [0.5, 0.6) is 0 Å². The van der Waals surface area contributed by atoms with Gasteiger partial charge in [0.2, 0.25) is 11.6 Å². The number of carbonyl (C=O) groups excluding carboxylic acids is 3. The second kappa shape index (κ2) is 13.6. The van der Waals surface area contributed by atoms with Gasteiger partial charge in [-0.1, -0.05) is 12.1 Å². The molecule has 8 heteroatoms. The lowest BCUT2D eigenvalue weighted by Crippen LogP contribution is -2.42. The van der Waals surface area contributed by atoms with Crippen LogP contribution >= 0.6 is 0 Å². The maximum Gasteiger partial charge on any atom is 0.222 e. The molecule has 0 spiro atoms. The number of nitrogens with zero attached hydrogens (tertiary/aromatic N) is 3. The molecule has 4 rings (SSSR count). The van der Waals surface area contributed by atoms with E-state index < -0.39 is 5.82 Å². The molecule has 1 amide bonds. The molecule has 0 radical (unpaired) electrons. The first kappa shape index (κ1) is 28.6. The molecule has 7 nitrogen and oxygen atoms in total. The molecule has 2 aliphatic rings. The third-order valence-electron chi connectivity index (χ3n) is 8.07. The summed E-state index contributed by atoms with van der Waals surface area (Å²) in [7, 11) is 0.